The van der Waals surface area contributed by atoms with Gasteiger partial charge in [0, 0.05) is 18.1 Å². The summed E-state index contributed by atoms with van der Waals surface area (Å²) in [4.78, 5) is 11.4. The summed E-state index contributed by atoms with van der Waals surface area (Å²) in [5, 5.41) is 9.20. The molecular weight excluding hydrogens is 298 g/mol. The van der Waals surface area contributed by atoms with Crippen molar-refractivity contribution in [2.75, 3.05) is 18.1 Å². The van der Waals surface area contributed by atoms with Crippen molar-refractivity contribution in [2.24, 2.45) is 0 Å². The normalized spacial score (nSPS) is 20.8. The molecule has 0 aromatic heterocycles. The Morgan fingerprint density at radius 1 is 1.35 bits per heavy atom. The average Bonchev–Trinajstić information content (AvgIpc) is 2.41. The van der Waals surface area contributed by atoms with Gasteiger partial charge in [-0.05, 0) is 37.1 Å². The van der Waals surface area contributed by atoms with Gasteiger partial charge in [0.05, 0.1) is 4.90 Å². The smallest absolute Gasteiger partial charge is 0.322 e. The summed E-state index contributed by atoms with van der Waals surface area (Å²) in [6.45, 7) is 3.98. The second kappa shape index (κ2) is 5.75. The van der Waals surface area contributed by atoms with Crippen molar-refractivity contribution < 1.29 is 18.3 Å². The van der Waals surface area contributed by atoms with E-state index < -0.39 is 22.0 Å². The summed E-state index contributed by atoms with van der Waals surface area (Å²) in [6, 6.07) is 3.90. The molecule has 0 amide bonds. The number of thioether (sulfide) groups is 1. The lowest BCUT2D eigenvalue weighted by Gasteiger charge is -2.31. The molecule has 0 saturated carbocycles. The lowest BCUT2D eigenvalue weighted by molar-refractivity contribution is -0.140. The molecule has 0 bridgehead atoms. The Balaban J connectivity index is 2.42. The molecule has 1 aromatic rings. The molecule has 2 rings (SSSR count). The van der Waals surface area contributed by atoms with E-state index in [2.05, 4.69) is 0 Å². The van der Waals surface area contributed by atoms with Crippen LogP contribution in [0.3, 0.4) is 0 Å². The molecule has 20 heavy (non-hydrogen) atoms. The molecule has 1 heterocycles. The third kappa shape index (κ3) is 2.84. The molecule has 1 aliphatic rings. The lowest BCUT2D eigenvalue weighted by Crippen LogP contribution is -2.50. The van der Waals surface area contributed by atoms with Gasteiger partial charge in [0.15, 0.2) is 0 Å². The molecule has 0 spiro atoms. The highest BCUT2D eigenvalue weighted by atomic mass is 32.2. The number of nitrogens with zero attached hydrogens (tertiary/aromatic N) is 1. The zero-order valence-electron chi connectivity index (χ0n) is 11.4. The van der Waals surface area contributed by atoms with Crippen molar-refractivity contribution in [2.45, 2.75) is 24.8 Å². The van der Waals surface area contributed by atoms with Crippen LogP contribution in [0.1, 0.15) is 11.1 Å². The van der Waals surface area contributed by atoms with E-state index in [4.69, 9.17) is 0 Å². The quantitative estimate of drug-likeness (QED) is 0.915. The minimum absolute atomic E-state index is 0.166. The first-order valence-electron chi connectivity index (χ1n) is 6.23. The number of carboxylic acid groups (broad SMARTS) is 1. The number of aryl methyl sites for hydroxylation is 2. The van der Waals surface area contributed by atoms with E-state index in [1.807, 2.05) is 13.8 Å². The summed E-state index contributed by atoms with van der Waals surface area (Å²) in [5.74, 6) is -0.183. The standard InChI is InChI=1S/C13H17NO4S2/c1-9-3-4-11(7-10(9)2)20(17,18)14-5-6-19-8-12(14)13(15)16/h3-4,7,12H,5-6,8H2,1-2H3,(H,15,16). The fourth-order valence-corrected chi connectivity index (χ4v) is 5.00. The summed E-state index contributed by atoms with van der Waals surface area (Å²) in [6.07, 6.45) is 0. The Labute approximate surface area is 123 Å². The predicted octanol–water partition coefficient (Wildman–Crippen LogP) is 1.49. The zero-order valence-corrected chi connectivity index (χ0v) is 13.0. The minimum Gasteiger partial charge on any atom is -0.480 e. The van der Waals surface area contributed by atoms with Gasteiger partial charge >= 0.3 is 5.97 Å². The number of carbonyl (C=O) groups is 1. The second-order valence-electron chi connectivity index (χ2n) is 4.79. The molecule has 110 valence electrons. The summed E-state index contributed by atoms with van der Waals surface area (Å²) in [7, 11) is -3.76. The van der Waals surface area contributed by atoms with Gasteiger partial charge in [-0.15, -0.1) is 0 Å². The fraction of sp³-hybridized carbons (Fsp3) is 0.462. The Bertz CT molecular complexity index is 627. The zero-order chi connectivity index (χ0) is 14.9. The molecule has 1 atom stereocenters. The van der Waals surface area contributed by atoms with Gasteiger partial charge in [-0.3, -0.25) is 4.79 Å². The van der Waals surface area contributed by atoms with E-state index in [1.54, 1.807) is 18.2 Å². The second-order valence-corrected chi connectivity index (χ2v) is 7.83. The van der Waals surface area contributed by atoms with Crippen molar-refractivity contribution >= 4 is 27.8 Å². The first-order chi connectivity index (χ1) is 9.34. The molecule has 1 N–H and O–H groups in total. The van der Waals surface area contributed by atoms with Crippen LogP contribution in [0, 0.1) is 13.8 Å². The van der Waals surface area contributed by atoms with E-state index >= 15 is 0 Å². The fourth-order valence-electron chi connectivity index (χ4n) is 2.08. The molecular formula is C13H17NO4S2. The number of hydrogen-bond donors (Lipinski definition) is 1. The number of carboxylic acids is 1. The van der Waals surface area contributed by atoms with Gasteiger partial charge in [-0.2, -0.15) is 16.1 Å². The third-order valence-electron chi connectivity index (χ3n) is 3.45. The van der Waals surface area contributed by atoms with Crippen LogP contribution in [-0.4, -0.2) is 47.9 Å². The molecule has 1 aromatic carbocycles. The number of aliphatic carboxylic acids is 1. The van der Waals surface area contributed by atoms with Crippen LogP contribution < -0.4 is 0 Å². The summed E-state index contributed by atoms with van der Waals surface area (Å²) >= 11 is 1.47. The van der Waals surface area contributed by atoms with E-state index in [1.165, 1.54) is 11.8 Å². The summed E-state index contributed by atoms with van der Waals surface area (Å²) < 4.78 is 26.3. The van der Waals surface area contributed by atoms with Gasteiger partial charge in [0.1, 0.15) is 6.04 Å². The van der Waals surface area contributed by atoms with Crippen LogP contribution in [0.2, 0.25) is 0 Å². The topological polar surface area (TPSA) is 74.7 Å². The van der Waals surface area contributed by atoms with Gasteiger partial charge in [-0.1, -0.05) is 6.07 Å². The van der Waals surface area contributed by atoms with Gasteiger partial charge < -0.3 is 5.11 Å². The van der Waals surface area contributed by atoms with Gasteiger partial charge in [0.25, 0.3) is 0 Å². The molecule has 1 unspecified atom stereocenters. The first-order valence-corrected chi connectivity index (χ1v) is 8.83. The lowest BCUT2D eigenvalue weighted by atomic mass is 10.1. The van der Waals surface area contributed by atoms with E-state index in [-0.39, 0.29) is 11.4 Å². The molecule has 0 aliphatic carbocycles. The number of sulfonamides is 1. The number of benzene rings is 1. The van der Waals surface area contributed by atoms with Crippen molar-refractivity contribution in [3.8, 4) is 0 Å². The predicted molar refractivity (Wildman–Crippen MR) is 78.6 cm³/mol. The maximum Gasteiger partial charge on any atom is 0.322 e. The van der Waals surface area contributed by atoms with E-state index in [0.29, 0.717) is 11.5 Å². The highest BCUT2D eigenvalue weighted by molar-refractivity contribution is 7.99. The first kappa shape index (κ1) is 15.3. The SMILES string of the molecule is Cc1ccc(S(=O)(=O)N2CCSCC2C(=O)O)cc1C. The Hall–Kier alpha value is -1.05. The average molecular weight is 315 g/mol. The molecule has 7 heteroatoms. The van der Waals surface area contributed by atoms with Crippen LogP contribution >= 0.6 is 11.8 Å². The maximum atomic E-state index is 12.6. The molecule has 1 aliphatic heterocycles. The highest BCUT2D eigenvalue weighted by Crippen LogP contribution is 2.26. The van der Waals surface area contributed by atoms with Crippen molar-refractivity contribution in [3.05, 3.63) is 29.3 Å². The number of hydrogen-bond acceptors (Lipinski definition) is 4. The molecule has 1 saturated heterocycles. The Morgan fingerprint density at radius 3 is 2.65 bits per heavy atom. The van der Waals surface area contributed by atoms with E-state index in [9.17, 15) is 18.3 Å². The van der Waals surface area contributed by atoms with Crippen LogP contribution in [0.25, 0.3) is 0 Å². The molecule has 5 nitrogen and oxygen atoms in total. The van der Waals surface area contributed by atoms with Crippen LogP contribution in [-0.2, 0) is 14.8 Å². The maximum absolute atomic E-state index is 12.6. The Kier molecular flexibility index (Phi) is 4.41. The van der Waals surface area contributed by atoms with Gasteiger partial charge in [-0.25, -0.2) is 8.42 Å². The van der Waals surface area contributed by atoms with E-state index in [0.717, 1.165) is 15.4 Å². The monoisotopic (exact) mass is 315 g/mol. The third-order valence-corrected chi connectivity index (χ3v) is 6.38. The van der Waals surface area contributed by atoms with Crippen LogP contribution in [0.15, 0.2) is 23.1 Å². The van der Waals surface area contributed by atoms with Crippen LogP contribution in [0.5, 0.6) is 0 Å². The number of rotatable bonds is 3. The summed E-state index contributed by atoms with van der Waals surface area (Å²) in [5.41, 5.74) is 1.89. The van der Waals surface area contributed by atoms with Crippen LogP contribution in [0.4, 0.5) is 0 Å². The minimum atomic E-state index is -3.76. The van der Waals surface area contributed by atoms with Gasteiger partial charge in [0.2, 0.25) is 10.0 Å². The van der Waals surface area contributed by atoms with Crippen molar-refractivity contribution in [3.63, 3.8) is 0 Å². The largest absolute Gasteiger partial charge is 0.480 e. The highest BCUT2D eigenvalue weighted by Gasteiger charge is 2.37. The molecule has 1 fully saturated rings. The Morgan fingerprint density at radius 2 is 2.05 bits per heavy atom. The van der Waals surface area contributed by atoms with Crippen molar-refractivity contribution in [1.29, 1.82) is 0 Å². The molecule has 0 radical (unpaired) electrons. The van der Waals surface area contributed by atoms with Crippen molar-refractivity contribution in [1.82, 2.24) is 4.31 Å².